The van der Waals surface area contributed by atoms with Crippen LogP contribution >= 0.6 is 0 Å². The highest BCUT2D eigenvalue weighted by molar-refractivity contribution is 5.88. The summed E-state index contributed by atoms with van der Waals surface area (Å²) in [5.41, 5.74) is 1.43. The van der Waals surface area contributed by atoms with Crippen LogP contribution in [-0.2, 0) is 6.42 Å². The zero-order chi connectivity index (χ0) is 17.7. The van der Waals surface area contributed by atoms with Gasteiger partial charge in [0.1, 0.15) is 0 Å². The normalized spacial score (nSPS) is 12.7. The van der Waals surface area contributed by atoms with Crippen molar-refractivity contribution in [2.24, 2.45) is 5.16 Å². The van der Waals surface area contributed by atoms with Crippen molar-refractivity contribution < 1.29 is 24.2 Å². The van der Waals surface area contributed by atoms with E-state index < -0.39 is 0 Å². The third-order valence-electron chi connectivity index (χ3n) is 3.61. The molecule has 8 heteroatoms. The summed E-state index contributed by atoms with van der Waals surface area (Å²) in [6.45, 7) is 4.41. The zero-order valence-corrected chi connectivity index (χ0v) is 14.3. The Morgan fingerprint density at radius 1 is 1.54 bits per heavy atom. The van der Waals surface area contributed by atoms with E-state index in [4.69, 9.17) is 19.4 Å². The van der Waals surface area contributed by atoms with E-state index in [1.54, 1.807) is 11.9 Å². The molecule has 0 aliphatic carbocycles. The van der Waals surface area contributed by atoms with Crippen LogP contribution < -0.4 is 19.5 Å². The van der Waals surface area contributed by atoms with Gasteiger partial charge in [0.2, 0.25) is 12.5 Å². The maximum atomic E-state index is 12.0. The predicted octanol–water partition coefficient (Wildman–Crippen LogP) is 1.82. The lowest BCUT2D eigenvalue weighted by atomic mass is 10.0. The molecule has 132 valence electrons. The number of urea groups is 1. The van der Waals surface area contributed by atoms with Crippen molar-refractivity contribution in [1.29, 1.82) is 0 Å². The zero-order valence-electron chi connectivity index (χ0n) is 14.3. The van der Waals surface area contributed by atoms with Crippen molar-refractivity contribution in [3.8, 4) is 17.2 Å². The second kappa shape index (κ2) is 7.76. The van der Waals surface area contributed by atoms with E-state index in [2.05, 4.69) is 10.5 Å². The Morgan fingerprint density at radius 2 is 2.29 bits per heavy atom. The van der Waals surface area contributed by atoms with Gasteiger partial charge in [-0.1, -0.05) is 5.16 Å². The number of rotatable bonds is 6. The van der Waals surface area contributed by atoms with Crippen molar-refractivity contribution in [2.45, 2.75) is 26.3 Å². The van der Waals surface area contributed by atoms with Crippen LogP contribution in [0.5, 0.6) is 17.2 Å². The van der Waals surface area contributed by atoms with Gasteiger partial charge >= 0.3 is 6.03 Å². The minimum atomic E-state index is -0.143. The van der Waals surface area contributed by atoms with E-state index in [1.807, 2.05) is 19.9 Å². The number of fused-ring (bicyclic) bond motifs is 1. The number of ether oxygens (including phenoxy) is 3. The molecule has 8 nitrogen and oxygen atoms in total. The average Bonchev–Trinajstić information content (AvgIpc) is 3.00. The molecule has 0 saturated heterocycles. The number of methoxy groups -OCH3 is 1. The fourth-order valence-corrected chi connectivity index (χ4v) is 2.43. The van der Waals surface area contributed by atoms with Crippen LogP contribution in [0, 0.1) is 0 Å². The van der Waals surface area contributed by atoms with E-state index in [0.29, 0.717) is 35.8 Å². The van der Waals surface area contributed by atoms with Gasteiger partial charge in [-0.25, -0.2) is 4.79 Å². The van der Waals surface area contributed by atoms with Gasteiger partial charge in [-0.2, -0.15) is 0 Å². The molecular formula is C16H23N3O5. The number of amides is 2. The minimum Gasteiger partial charge on any atom is -0.492 e. The van der Waals surface area contributed by atoms with Gasteiger partial charge in [0.05, 0.1) is 13.3 Å². The number of likely N-dealkylation sites (N-methyl/N-ethyl adjacent to an activating group) is 1. The summed E-state index contributed by atoms with van der Waals surface area (Å²) in [6, 6.07) is 1.74. The first-order chi connectivity index (χ1) is 11.5. The smallest absolute Gasteiger partial charge is 0.317 e. The largest absolute Gasteiger partial charge is 0.492 e. The Bertz CT molecular complexity index is 631. The van der Waals surface area contributed by atoms with Crippen LogP contribution in [0.15, 0.2) is 11.2 Å². The SMILES string of the molecule is COc1c(/C=N/O)c(CCN(C)C(=O)NC(C)C)cc2c1OCO2. The standard InChI is InChI=1S/C16H23N3O5/c1-10(2)18-16(20)19(3)6-5-11-7-13-15(24-9-23-13)14(22-4)12(11)8-17-21/h7-8,10,21H,5-6,9H2,1-4H3,(H,18,20)/b17-8+. The summed E-state index contributed by atoms with van der Waals surface area (Å²) in [4.78, 5) is 13.6. The molecule has 2 amide bonds. The number of benzene rings is 1. The maximum Gasteiger partial charge on any atom is 0.317 e. The van der Waals surface area contributed by atoms with E-state index in [1.165, 1.54) is 13.3 Å². The first-order valence-corrected chi connectivity index (χ1v) is 7.66. The van der Waals surface area contributed by atoms with E-state index in [0.717, 1.165) is 5.56 Å². The second-order valence-electron chi connectivity index (χ2n) is 5.74. The summed E-state index contributed by atoms with van der Waals surface area (Å²) >= 11 is 0. The van der Waals surface area contributed by atoms with Gasteiger partial charge in [-0.15, -0.1) is 0 Å². The Kier molecular flexibility index (Phi) is 5.73. The fraction of sp³-hybridized carbons (Fsp3) is 0.500. The van der Waals surface area contributed by atoms with Crippen molar-refractivity contribution in [3.05, 3.63) is 17.2 Å². The molecule has 1 aromatic rings. The number of hydrogen-bond acceptors (Lipinski definition) is 6. The third-order valence-corrected chi connectivity index (χ3v) is 3.61. The van der Waals surface area contributed by atoms with Crippen molar-refractivity contribution in [1.82, 2.24) is 10.2 Å². The van der Waals surface area contributed by atoms with Crippen LogP contribution in [0.25, 0.3) is 0 Å². The Hall–Kier alpha value is -2.64. The molecule has 1 heterocycles. The molecule has 0 bridgehead atoms. The van der Waals surface area contributed by atoms with Crippen LogP contribution in [0.3, 0.4) is 0 Å². The molecule has 2 rings (SSSR count). The number of hydrogen-bond donors (Lipinski definition) is 2. The highest BCUT2D eigenvalue weighted by atomic mass is 16.7. The summed E-state index contributed by atoms with van der Waals surface area (Å²) in [7, 11) is 3.24. The van der Waals surface area contributed by atoms with E-state index in [-0.39, 0.29) is 18.9 Å². The van der Waals surface area contributed by atoms with Crippen LogP contribution in [0.4, 0.5) is 4.79 Å². The first kappa shape index (κ1) is 17.7. The van der Waals surface area contributed by atoms with E-state index in [9.17, 15) is 4.79 Å². The van der Waals surface area contributed by atoms with Crippen molar-refractivity contribution >= 4 is 12.2 Å². The fourth-order valence-electron chi connectivity index (χ4n) is 2.43. The van der Waals surface area contributed by atoms with Crippen LogP contribution in [0.1, 0.15) is 25.0 Å². The molecule has 1 aliphatic rings. The molecule has 0 spiro atoms. The number of oxime groups is 1. The lowest BCUT2D eigenvalue weighted by Gasteiger charge is -2.20. The topological polar surface area (TPSA) is 92.6 Å². The molecule has 0 aromatic heterocycles. The molecule has 1 aliphatic heterocycles. The summed E-state index contributed by atoms with van der Waals surface area (Å²) in [6.07, 6.45) is 1.83. The van der Waals surface area contributed by atoms with Gasteiger partial charge in [-0.3, -0.25) is 0 Å². The Labute approximate surface area is 141 Å². The molecule has 0 unspecified atom stereocenters. The number of nitrogens with zero attached hydrogens (tertiary/aromatic N) is 2. The molecule has 0 radical (unpaired) electrons. The molecule has 0 fully saturated rings. The minimum absolute atomic E-state index is 0.0719. The molecule has 0 saturated carbocycles. The molecule has 0 atom stereocenters. The molecule has 1 aromatic carbocycles. The third kappa shape index (κ3) is 3.81. The van der Waals surface area contributed by atoms with Gasteiger partial charge < -0.3 is 29.6 Å². The lowest BCUT2D eigenvalue weighted by molar-refractivity contribution is 0.171. The van der Waals surface area contributed by atoms with Gasteiger partial charge in [-0.05, 0) is 31.9 Å². The number of nitrogens with one attached hydrogen (secondary N) is 1. The quantitative estimate of drug-likeness (QED) is 0.469. The summed E-state index contributed by atoms with van der Waals surface area (Å²) in [5, 5.41) is 14.9. The molecule has 2 N–H and O–H groups in total. The maximum absolute atomic E-state index is 12.0. The van der Waals surface area contributed by atoms with Gasteiger partial charge in [0.25, 0.3) is 0 Å². The van der Waals surface area contributed by atoms with Crippen molar-refractivity contribution in [3.63, 3.8) is 0 Å². The van der Waals surface area contributed by atoms with E-state index >= 15 is 0 Å². The summed E-state index contributed by atoms with van der Waals surface area (Å²) in [5.74, 6) is 1.51. The number of carbonyl (C=O) groups is 1. The molecule has 24 heavy (non-hydrogen) atoms. The predicted molar refractivity (Wildman–Crippen MR) is 88.5 cm³/mol. The first-order valence-electron chi connectivity index (χ1n) is 7.66. The van der Waals surface area contributed by atoms with Gasteiger partial charge in [0.15, 0.2) is 11.5 Å². The Balaban J connectivity index is 2.22. The summed E-state index contributed by atoms with van der Waals surface area (Å²) < 4.78 is 16.2. The van der Waals surface area contributed by atoms with Crippen LogP contribution in [0.2, 0.25) is 0 Å². The highest BCUT2D eigenvalue weighted by Gasteiger charge is 2.25. The van der Waals surface area contributed by atoms with Crippen molar-refractivity contribution in [2.75, 3.05) is 27.5 Å². The highest BCUT2D eigenvalue weighted by Crippen LogP contribution is 2.44. The average molecular weight is 337 g/mol. The van der Waals surface area contributed by atoms with Gasteiger partial charge in [0, 0.05) is 25.2 Å². The molecular weight excluding hydrogens is 314 g/mol. The van der Waals surface area contributed by atoms with Crippen LogP contribution in [-0.4, -0.2) is 55.9 Å². The lowest BCUT2D eigenvalue weighted by Crippen LogP contribution is -2.41. The Morgan fingerprint density at radius 3 is 2.92 bits per heavy atom. The second-order valence-corrected chi connectivity index (χ2v) is 5.74. The number of carbonyl (C=O) groups excluding carboxylic acids is 1. The monoisotopic (exact) mass is 337 g/mol.